The molecular formula is C22H24F2N2O6S. The van der Waals surface area contributed by atoms with E-state index in [0.29, 0.717) is 0 Å². The molecule has 178 valence electrons. The lowest BCUT2D eigenvalue weighted by Gasteiger charge is -2.31. The van der Waals surface area contributed by atoms with Crippen molar-refractivity contribution in [2.24, 2.45) is 0 Å². The summed E-state index contributed by atoms with van der Waals surface area (Å²) < 4.78 is 65.3. The van der Waals surface area contributed by atoms with E-state index >= 15 is 0 Å². The summed E-state index contributed by atoms with van der Waals surface area (Å²) in [4.78, 5) is 12.2. The molecule has 2 aromatic rings. The molecule has 0 saturated carbocycles. The van der Waals surface area contributed by atoms with Crippen LogP contribution in [0.15, 0.2) is 59.5 Å². The standard InChI is InChI=1S/C22H24F2N2O6S/c1-31-19-4-2-3-5-21(19)33(29,30)26-18-7-6-17(32-20(18)13-27)11-22(28)25-12-14-8-15(23)10-16(24)9-14/h2-10,17-18,20,26-27H,11-13H2,1H3,(H,25,28)/t17-,18+,20+/m0/s1. The van der Waals surface area contributed by atoms with Gasteiger partial charge in [-0.25, -0.2) is 21.9 Å². The second-order valence-electron chi connectivity index (χ2n) is 7.34. The Hall–Kier alpha value is -2.86. The molecule has 2 aromatic carbocycles. The largest absolute Gasteiger partial charge is 0.495 e. The summed E-state index contributed by atoms with van der Waals surface area (Å²) in [6.45, 7) is -0.571. The number of amides is 1. The summed E-state index contributed by atoms with van der Waals surface area (Å²) in [5, 5.41) is 12.2. The predicted octanol–water partition coefficient (Wildman–Crippen LogP) is 1.64. The molecule has 0 spiro atoms. The Labute approximate surface area is 190 Å². The number of sulfonamides is 1. The van der Waals surface area contributed by atoms with Crippen LogP contribution >= 0.6 is 0 Å². The van der Waals surface area contributed by atoms with Crippen LogP contribution < -0.4 is 14.8 Å². The van der Waals surface area contributed by atoms with E-state index in [1.54, 1.807) is 12.1 Å². The number of carbonyl (C=O) groups excluding carboxylic acids is 1. The molecule has 0 radical (unpaired) electrons. The van der Waals surface area contributed by atoms with E-state index in [1.807, 2.05) is 0 Å². The van der Waals surface area contributed by atoms with Crippen LogP contribution in [0.2, 0.25) is 0 Å². The highest BCUT2D eigenvalue weighted by atomic mass is 32.2. The van der Waals surface area contributed by atoms with Crippen LogP contribution in [-0.2, 0) is 26.1 Å². The topological polar surface area (TPSA) is 114 Å². The van der Waals surface area contributed by atoms with Crippen molar-refractivity contribution in [2.45, 2.75) is 36.1 Å². The lowest BCUT2D eigenvalue weighted by molar-refractivity contribution is -0.125. The number of ether oxygens (including phenoxy) is 2. The molecule has 0 saturated heterocycles. The third-order valence-corrected chi connectivity index (χ3v) is 6.41. The number of aliphatic hydroxyl groups excluding tert-OH is 1. The highest BCUT2D eigenvalue weighted by molar-refractivity contribution is 7.89. The molecule has 33 heavy (non-hydrogen) atoms. The zero-order valence-corrected chi connectivity index (χ0v) is 18.5. The van der Waals surface area contributed by atoms with Crippen molar-refractivity contribution < 1.29 is 36.6 Å². The number of para-hydroxylation sites is 1. The molecule has 0 unspecified atom stereocenters. The van der Waals surface area contributed by atoms with Gasteiger partial charge >= 0.3 is 0 Å². The molecule has 1 aliphatic heterocycles. The van der Waals surface area contributed by atoms with E-state index in [1.165, 1.54) is 31.4 Å². The van der Waals surface area contributed by atoms with Gasteiger partial charge in [-0.05, 0) is 29.8 Å². The summed E-state index contributed by atoms with van der Waals surface area (Å²) in [5.74, 6) is -1.77. The molecule has 3 N–H and O–H groups in total. The number of carbonyl (C=O) groups is 1. The molecule has 0 aliphatic carbocycles. The maximum atomic E-state index is 13.3. The first-order valence-electron chi connectivity index (χ1n) is 10.0. The summed E-state index contributed by atoms with van der Waals surface area (Å²) in [5.41, 5.74) is 0.264. The number of hydrogen-bond donors (Lipinski definition) is 3. The van der Waals surface area contributed by atoms with E-state index in [4.69, 9.17) is 9.47 Å². The SMILES string of the molecule is COc1ccccc1S(=O)(=O)N[C@@H]1C=C[C@@H](CC(=O)NCc2cc(F)cc(F)c2)O[C@@H]1CO. The molecule has 1 aliphatic rings. The van der Waals surface area contributed by atoms with Gasteiger partial charge in [-0.15, -0.1) is 0 Å². The third-order valence-electron chi connectivity index (χ3n) is 4.91. The Balaban J connectivity index is 1.61. The Kier molecular flexibility index (Phi) is 8.14. The Morgan fingerprint density at radius 3 is 2.52 bits per heavy atom. The van der Waals surface area contributed by atoms with Gasteiger partial charge in [-0.1, -0.05) is 24.3 Å². The van der Waals surface area contributed by atoms with Crippen LogP contribution in [0.5, 0.6) is 5.75 Å². The monoisotopic (exact) mass is 482 g/mol. The molecule has 0 aromatic heterocycles. The van der Waals surface area contributed by atoms with Crippen molar-refractivity contribution in [1.29, 1.82) is 0 Å². The summed E-state index contributed by atoms with van der Waals surface area (Å²) in [7, 11) is -2.63. The summed E-state index contributed by atoms with van der Waals surface area (Å²) in [6, 6.07) is 8.18. The summed E-state index contributed by atoms with van der Waals surface area (Å²) >= 11 is 0. The van der Waals surface area contributed by atoms with Crippen LogP contribution in [0.4, 0.5) is 8.78 Å². The van der Waals surface area contributed by atoms with Crippen molar-refractivity contribution in [3.05, 3.63) is 71.8 Å². The van der Waals surface area contributed by atoms with Crippen molar-refractivity contribution in [1.82, 2.24) is 10.0 Å². The van der Waals surface area contributed by atoms with Gasteiger partial charge in [0.25, 0.3) is 0 Å². The fourth-order valence-electron chi connectivity index (χ4n) is 3.36. The number of nitrogens with one attached hydrogen (secondary N) is 2. The van der Waals surface area contributed by atoms with E-state index < -0.39 is 52.4 Å². The smallest absolute Gasteiger partial charge is 0.244 e. The second-order valence-corrected chi connectivity index (χ2v) is 9.02. The maximum absolute atomic E-state index is 13.3. The van der Waals surface area contributed by atoms with Crippen molar-refractivity contribution in [2.75, 3.05) is 13.7 Å². The van der Waals surface area contributed by atoms with Crippen LogP contribution in [0.3, 0.4) is 0 Å². The predicted molar refractivity (Wildman–Crippen MR) is 115 cm³/mol. The molecule has 0 fully saturated rings. The van der Waals surface area contributed by atoms with Gasteiger partial charge in [0.2, 0.25) is 15.9 Å². The van der Waals surface area contributed by atoms with Crippen LogP contribution in [-0.4, -0.2) is 51.4 Å². The first-order valence-corrected chi connectivity index (χ1v) is 11.5. The summed E-state index contributed by atoms with van der Waals surface area (Å²) in [6.07, 6.45) is 1.24. The zero-order chi connectivity index (χ0) is 24.0. The number of hydrogen-bond acceptors (Lipinski definition) is 6. The van der Waals surface area contributed by atoms with Crippen molar-refractivity contribution >= 4 is 15.9 Å². The van der Waals surface area contributed by atoms with Crippen LogP contribution in [0.1, 0.15) is 12.0 Å². The maximum Gasteiger partial charge on any atom is 0.244 e. The average molecular weight is 483 g/mol. The first-order chi connectivity index (χ1) is 15.7. The highest BCUT2D eigenvalue weighted by Gasteiger charge is 2.32. The van der Waals surface area contributed by atoms with Gasteiger partial charge in [0.1, 0.15) is 28.4 Å². The molecular weight excluding hydrogens is 458 g/mol. The van der Waals surface area contributed by atoms with E-state index in [9.17, 15) is 27.1 Å². The first kappa shape index (κ1) is 24.8. The number of rotatable bonds is 9. The number of methoxy groups -OCH3 is 1. The van der Waals surface area contributed by atoms with E-state index in [2.05, 4.69) is 10.0 Å². The van der Waals surface area contributed by atoms with Crippen molar-refractivity contribution in [3.63, 3.8) is 0 Å². The lowest BCUT2D eigenvalue weighted by atomic mass is 10.1. The van der Waals surface area contributed by atoms with E-state index in [-0.39, 0.29) is 29.2 Å². The Morgan fingerprint density at radius 1 is 1.15 bits per heavy atom. The molecule has 1 amide bonds. The van der Waals surface area contributed by atoms with Gasteiger partial charge in [-0.3, -0.25) is 4.79 Å². The minimum atomic E-state index is -3.99. The lowest BCUT2D eigenvalue weighted by Crippen LogP contribution is -2.49. The van der Waals surface area contributed by atoms with Crippen LogP contribution in [0.25, 0.3) is 0 Å². The highest BCUT2D eigenvalue weighted by Crippen LogP contribution is 2.24. The average Bonchev–Trinajstić information content (AvgIpc) is 2.78. The van der Waals surface area contributed by atoms with Gasteiger partial charge in [0.05, 0.1) is 32.3 Å². The number of aliphatic hydroxyl groups is 1. The van der Waals surface area contributed by atoms with Gasteiger partial charge in [0, 0.05) is 12.6 Å². The molecule has 0 bridgehead atoms. The van der Waals surface area contributed by atoms with E-state index in [0.717, 1.165) is 18.2 Å². The Bertz CT molecular complexity index is 1110. The second kappa shape index (κ2) is 10.8. The van der Waals surface area contributed by atoms with Crippen LogP contribution in [0, 0.1) is 11.6 Å². The molecule has 1 heterocycles. The normalized spacial score (nSPS) is 20.4. The number of halogens is 2. The molecule has 3 rings (SSSR count). The quantitative estimate of drug-likeness (QED) is 0.469. The Morgan fingerprint density at radius 2 is 1.85 bits per heavy atom. The van der Waals surface area contributed by atoms with Gasteiger partial charge in [-0.2, -0.15) is 0 Å². The van der Waals surface area contributed by atoms with Gasteiger partial charge in [0.15, 0.2) is 0 Å². The van der Waals surface area contributed by atoms with Crippen molar-refractivity contribution in [3.8, 4) is 5.75 Å². The minimum absolute atomic E-state index is 0.0622. The third kappa shape index (κ3) is 6.57. The number of benzene rings is 2. The molecule has 8 nitrogen and oxygen atoms in total. The fraction of sp³-hybridized carbons (Fsp3) is 0.318. The zero-order valence-electron chi connectivity index (χ0n) is 17.7. The van der Waals surface area contributed by atoms with Gasteiger partial charge < -0.3 is 19.9 Å². The fourth-order valence-corrected chi connectivity index (χ4v) is 4.75. The molecule has 11 heteroatoms. The molecule has 3 atom stereocenters. The minimum Gasteiger partial charge on any atom is -0.495 e.